The highest BCUT2D eigenvalue weighted by atomic mass is 35.5. The van der Waals surface area contributed by atoms with Crippen molar-refractivity contribution in [1.82, 2.24) is 9.62 Å². The van der Waals surface area contributed by atoms with Crippen molar-refractivity contribution in [3.8, 4) is 0 Å². The fraction of sp³-hybridized carbons (Fsp3) is 0.562. The zero-order valence-corrected chi connectivity index (χ0v) is 14.9. The molecule has 0 bridgehead atoms. The summed E-state index contributed by atoms with van der Waals surface area (Å²) < 4.78 is 25.2. The summed E-state index contributed by atoms with van der Waals surface area (Å²) in [5, 5.41) is 3.50. The molecule has 23 heavy (non-hydrogen) atoms. The lowest BCUT2D eigenvalue weighted by Gasteiger charge is -2.21. The SMILES string of the molecule is CS(=O)(=O)N(CCC(=O)NC1CCCC1)Cc1ccccc1Cl. The molecule has 0 aromatic heterocycles. The van der Waals surface area contributed by atoms with Gasteiger partial charge in [0.15, 0.2) is 0 Å². The first-order chi connectivity index (χ1) is 10.9. The molecule has 0 atom stereocenters. The molecule has 1 fully saturated rings. The van der Waals surface area contributed by atoms with Gasteiger partial charge in [0.25, 0.3) is 0 Å². The summed E-state index contributed by atoms with van der Waals surface area (Å²) in [6, 6.07) is 7.38. The number of rotatable bonds is 7. The molecule has 128 valence electrons. The van der Waals surface area contributed by atoms with Crippen LogP contribution in [0.4, 0.5) is 0 Å². The molecule has 1 aliphatic carbocycles. The minimum absolute atomic E-state index is 0.0929. The molecule has 0 saturated heterocycles. The fourth-order valence-electron chi connectivity index (χ4n) is 2.77. The van der Waals surface area contributed by atoms with Crippen molar-refractivity contribution in [3.63, 3.8) is 0 Å². The van der Waals surface area contributed by atoms with E-state index in [0.717, 1.165) is 37.5 Å². The van der Waals surface area contributed by atoms with Crippen molar-refractivity contribution >= 4 is 27.5 Å². The first-order valence-corrected chi connectivity index (χ1v) is 10.1. The van der Waals surface area contributed by atoms with E-state index in [1.807, 2.05) is 6.07 Å². The van der Waals surface area contributed by atoms with Crippen LogP contribution in [0.25, 0.3) is 0 Å². The Morgan fingerprint density at radius 1 is 1.30 bits per heavy atom. The molecule has 0 radical (unpaired) electrons. The minimum atomic E-state index is -3.41. The molecule has 0 unspecified atom stereocenters. The van der Waals surface area contributed by atoms with Crippen molar-refractivity contribution in [1.29, 1.82) is 0 Å². The van der Waals surface area contributed by atoms with Gasteiger partial charge in [0.2, 0.25) is 15.9 Å². The third-order valence-corrected chi connectivity index (χ3v) is 5.70. The van der Waals surface area contributed by atoms with Crippen LogP contribution in [0.2, 0.25) is 5.02 Å². The maximum Gasteiger partial charge on any atom is 0.221 e. The van der Waals surface area contributed by atoms with Crippen LogP contribution in [0.1, 0.15) is 37.7 Å². The second-order valence-electron chi connectivity index (χ2n) is 5.99. The Labute approximate surface area is 143 Å². The normalized spacial score (nSPS) is 16.0. The monoisotopic (exact) mass is 358 g/mol. The van der Waals surface area contributed by atoms with Gasteiger partial charge in [-0.2, -0.15) is 4.31 Å². The van der Waals surface area contributed by atoms with Crippen LogP contribution in [0.5, 0.6) is 0 Å². The van der Waals surface area contributed by atoms with Gasteiger partial charge in [-0.15, -0.1) is 0 Å². The number of nitrogens with one attached hydrogen (secondary N) is 1. The van der Waals surface area contributed by atoms with E-state index >= 15 is 0 Å². The van der Waals surface area contributed by atoms with E-state index in [1.165, 1.54) is 4.31 Å². The third kappa shape index (κ3) is 5.79. The van der Waals surface area contributed by atoms with Crippen LogP contribution < -0.4 is 5.32 Å². The Hall–Kier alpha value is -1.11. The lowest BCUT2D eigenvalue weighted by molar-refractivity contribution is -0.121. The summed E-state index contributed by atoms with van der Waals surface area (Å²) in [5.41, 5.74) is 0.732. The van der Waals surface area contributed by atoms with Crippen molar-refractivity contribution in [2.45, 2.75) is 44.7 Å². The standard InChI is InChI=1S/C16H23ClN2O3S/c1-23(21,22)19(12-13-6-2-5-9-15(13)17)11-10-16(20)18-14-7-3-4-8-14/h2,5-6,9,14H,3-4,7-8,10-12H2,1H3,(H,18,20). The first-order valence-electron chi connectivity index (χ1n) is 7.84. The summed E-state index contributed by atoms with van der Waals surface area (Å²) in [6.45, 7) is 0.331. The molecule has 1 N–H and O–H groups in total. The topological polar surface area (TPSA) is 66.5 Å². The molecule has 1 aromatic rings. The van der Waals surface area contributed by atoms with E-state index in [1.54, 1.807) is 18.2 Å². The highest BCUT2D eigenvalue weighted by molar-refractivity contribution is 7.88. The van der Waals surface area contributed by atoms with E-state index in [2.05, 4.69) is 5.32 Å². The summed E-state index contributed by atoms with van der Waals surface area (Å²) >= 11 is 6.09. The van der Waals surface area contributed by atoms with E-state index < -0.39 is 10.0 Å². The van der Waals surface area contributed by atoms with E-state index in [4.69, 9.17) is 11.6 Å². The fourth-order valence-corrected chi connectivity index (χ4v) is 3.77. The van der Waals surface area contributed by atoms with E-state index in [-0.39, 0.29) is 31.5 Å². The molecule has 5 nitrogen and oxygen atoms in total. The number of hydrogen-bond acceptors (Lipinski definition) is 3. The summed E-state index contributed by atoms with van der Waals surface area (Å²) in [7, 11) is -3.41. The Balaban J connectivity index is 1.94. The second kappa shape index (κ2) is 8.13. The number of carbonyl (C=O) groups excluding carboxylic acids is 1. The third-order valence-electron chi connectivity index (χ3n) is 4.08. The summed E-state index contributed by atoms with van der Waals surface area (Å²) in [6.07, 6.45) is 5.63. The molecule has 1 amide bonds. The van der Waals surface area contributed by atoms with E-state index in [9.17, 15) is 13.2 Å². The number of hydrogen-bond donors (Lipinski definition) is 1. The molecular weight excluding hydrogens is 336 g/mol. The predicted octanol–water partition coefficient (Wildman–Crippen LogP) is 2.55. The quantitative estimate of drug-likeness (QED) is 0.814. The Bertz CT molecular complexity index is 642. The van der Waals surface area contributed by atoms with Gasteiger partial charge in [0.05, 0.1) is 6.26 Å². The van der Waals surface area contributed by atoms with E-state index in [0.29, 0.717) is 5.02 Å². The predicted molar refractivity (Wildman–Crippen MR) is 91.7 cm³/mol. The van der Waals surface area contributed by atoms with Crippen molar-refractivity contribution in [2.75, 3.05) is 12.8 Å². The van der Waals surface area contributed by atoms with Crippen molar-refractivity contribution in [2.24, 2.45) is 0 Å². The molecule has 1 aliphatic rings. The highest BCUT2D eigenvalue weighted by Gasteiger charge is 2.21. The lowest BCUT2D eigenvalue weighted by Crippen LogP contribution is -2.37. The van der Waals surface area contributed by atoms with Gasteiger partial charge in [-0.1, -0.05) is 42.6 Å². The molecule has 7 heteroatoms. The maximum atomic E-state index is 12.0. The van der Waals surface area contributed by atoms with Gasteiger partial charge in [-0.05, 0) is 24.5 Å². The highest BCUT2D eigenvalue weighted by Crippen LogP contribution is 2.19. The van der Waals surface area contributed by atoms with Gasteiger partial charge < -0.3 is 5.32 Å². The number of benzene rings is 1. The number of carbonyl (C=O) groups is 1. The van der Waals surface area contributed by atoms with Gasteiger partial charge >= 0.3 is 0 Å². The molecule has 0 spiro atoms. The van der Waals surface area contributed by atoms with Crippen LogP contribution in [-0.4, -0.2) is 37.5 Å². The van der Waals surface area contributed by atoms with Gasteiger partial charge in [0.1, 0.15) is 0 Å². The van der Waals surface area contributed by atoms with Crippen LogP contribution >= 0.6 is 11.6 Å². The summed E-state index contributed by atoms with van der Waals surface area (Å²) in [4.78, 5) is 12.0. The molecule has 1 aromatic carbocycles. The van der Waals surface area contributed by atoms with Crippen LogP contribution in [0.3, 0.4) is 0 Å². The second-order valence-corrected chi connectivity index (χ2v) is 8.38. The van der Waals surface area contributed by atoms with Gasteiger partial charge in [-0.3, -0.25) is 4.79 Å². The Morgan fingerprint density at radius 2 is 1.96 bits per heavy atom. The number of amides is 1. The average Bonchev–Trinajstić information content (AvgIpc) is 2.96. The van der Waals surface area contributed by atoms with Gasteiger partial charge in [-0.25, -0.2) is 8.42 Å². The number of halogens is 1. The Kier molecular flexibility index (Phi) is 6.44. The van der Waals surface area contributed by atoms with Crippen LogP contribution in [-0.2, 0) is 21.4 Å². The minimum Gasteiger partial charge on any atom is -0.353 e. The molecular formula is C16H23ClN2O3S. The lowest BCUT2D eigenvalue weighted by atomic mass is 10.2. The van der Waals surface area contributed by atoms with Crippen LogP contribution in [0, 0.1) is 0 Å². The van der Waals surface area contributed by atoms with Crippen molar-refractivity contribution in [3.05, 3.63) is 34.9 Å². The molecule has 1 saturated carbocycles. The largest absolute Gasteiger partial charge is 0.353 e. The zero-order valence-electron chi connectivity index (χ0n) is 13.3. The average molecular weight is 359 g/mol. The van der Waals surface area contributed by atoms with Crippen LogP contribution in [0.15, 0.2) is 24.3 Å². The van der Waals surface area contributed by atoms with Gasteiger partial charge in [0, 0.05) is 30.6 Å². The number of nitrogens with zero attached hydrogens (tertiary/aromatic N) is 1. The molecule has 0 aliphatic heterocycles. The summed E-state index contributed by atoms with van der Waals surface area (Å²) in [5.74, 6) is -0.0929. The molecule has 0 heterocycles. The first kappa shape index (κ1) is 18.2. The molecule has 2 rings (SSSR count). The van der Waals surface area contributed by atoms with Crippen molar-refractivity contribution < 1.29 is 13.2 Å². The zero-order chi connectivity index (χ0) is 16.9. The maximum absolute atomic E-state index is 12.0. The number of sulfonamides is 1. The Morgan fingerprint density at radius 3 is 2.57 bits per heavy atom. The smallest absolute Gasteiger partial charge is 0.221 e.